The normalized spacial score (nSPS) is 10.5. The maximum Gasteiger partial charge on any atom is 0.168 e. The standard InChI is InChI=1S/C22H40N.BrH/c1-2-3-4-5-6-7-8-9-10-11-12-13-14-15-17-20-23-21-18-16-19-22-23;/h16,18-19,21-22H,2-15,17,20H2,1H3;1H/q+1;/p-1. The minimum absolute atomic E-state index is 0. The number of hydrogen-bond acceptors (Lipinski definition) is 0. The van der Waals surface area contributed by atoms with Crippen LogP contribution in [-0.4, -0.2) is 0 Å². The van der Waals surface area contributed by atoms with Gasteiger partial charge in [-0.25, -0.2) is 4.57 Å². The van der Waals surface area contributed by atoms with Crippen LogP contribution in [0.2, 0.25) is 0 Å². The van der Waals surface area contributed by atoms with E-state index in [2.05, 4.69) is 42.1 Å². The van der Waals surface area contributed by atoms with Crippen molar-refractivity contribution in [3.8, 4) is 0 Å². The first-order valence-corrected chi connectivity index (χ1v) is 10.4. The van der Waals surface area contributed by atoms with Crippen molar-refractivity contribution in [2.45, 2.75) is 110 Å². The third-order valence-corrected chi connectivity index (χ3v) is 4.80. The summed E-state index contributed by atoms with van der Waals surface area (Å²) in [6.07, 6.45) is 25.9. The summed E-state index contributed by atoms with van der Waals surface area (Å²) in [5, 5.41) is 0. The molecule has 1 rings (SSSR count). The number of halogens is 1. The molecule has 1 aromatic heterocycles. The van der Waals surface area contributed by atoms with Gasteiger partial charge in [0.15, 0.2) is 12.4 Å². The van der Waals surface area contributed by atoms with E-state index in [1.165, 1.54) is 103 Å². The number of rotatable bonds is 16. The summed E-state index contributed by atoms with van der Waals surface area (Å²) in [4.78, 5) is 0. The van der Waals surface area contributed by atoms with Gasteiger partial charge in [0.1, 0.15) is 6.54 Å². The third-order valence-electron chi connectivity index (χ3n) is 4.80. The molecule has 0 aliphatic carbocycles. The van der Waals surface area contributed by atoms with Crippen molar-refractivity contribution >= 4 is 0 Å². The summed E-state index contributed by atoms with van der Waals surface area (Å²) in [5.41, 5.74) is 0. The number of unbranched alkanes of at least 4 members (excludes halogenated alkanes) is 14. The lowest BCUT2D eigenvalue weighted by atomic mass is 10.0. The van der Waals surface area contributed by atoms with Crippen molar-refractivity contribution in [1.82, 2.24) is 0 Å². The molecule has 0 amide bonds. The van der Waals surface area contributed by atoms with Gasteiger partial charge in [0.05, 0.1) is 0 Å². The van der Waals surface area contributed by atoms with Gasteiger partial charge in [0.25, 0.3) is 0 Å². The minimum atomic E-state index is 0. The maximum atomic E-state index is 2.29. The van der Waals surface area contributed by atoms with Gasteiger partial charge in [-0.3, -0.25) is 0 Å². The molecular weight excluding hydrogens is 358 g/mol. The van der Waals surface area contributed by atoms with Crippen LogP contribution in [0.3, 0.4) is 0 Å². The predicted octanol–water partition coefficient (Wildman–Crippen LogP) is 3.85. The molecule has 0 N–H and O–H groups in total. The Hall–Kier alpha value is -0.370. The van der Waals surface area contributed by atoms with Crippen molar-refractivity contribution in [2.24, 2.45) is 0 Å². The molecule has 0 spiro atoms. The molecule has 24 heavy (non-hydrogen) atoms. The lowest BCUT2D eigenvalue weighted by Gasteiger charge is -2.03. The molecule has 0 unspecified atom stereocenters. The summed E-state index contributed by atoms with van der Waals surface area (Å²) < 4.78 is 2.29. The SMILES string of the molecule is CCCCCCCCCCCCCCCCC[n+]1ccccc1.[Br-]. The second-order valence-electron chi connectivity index (χ2n) is 7.06. The van der Waals surface area contributed by atoms with Gasteiger partial charge in [-0.1, -0.05) is 96.5 Å². The largest absolute Gasteiger partial charge is 1.00 e. The second-order valence-corrected chi connectivity index (χ2v) is 7.06. The van der Waals surface area contributed by atoms with Crippen LogP contribution in [-0.2, 0) is 6.54 Å². The molecule has 0 aromatic carbocycles. The topological polar surface area (TPSA) is 3.88 Å². The molecular formula is C22H40BrN. The van der Waals surface area contributed by atoms with E-state index in [0.29, 0.717) is 0 Å². The zero-order valence-electron chi connectivity index (χ0n) is 16.0. The Morgan fingerprint density at radius 2 is 0.875 bits per heavy atom. The van der Waals surface area contributed by atoms with Gasteiger partial charge in [0, 0.05) is 18.6 Å². The quantitative estimate of drug-likeness (QED) is 0.294. The predicted molar refractivity (Wildman–Crippen MR) is 102 cm³/mol. The molecule has 140 valence electrons. The van der Waals surface area contributed by atoms with Crippen LogP contribution in [0.5, 0.6) is 0 Å². The molecule has 0 aliphatic heterocycles. The lowest BCUT2D eigenvalue weighted by molar-refractivity contribution is -0.697. The summed E-state index contributed by atoms with van der Waals surface area (Å²) in [6.45, 7) is 3.47. The van der Waals surface area contributed by atoms with Crippen LogP contribution in [0, 0.1) is 0 Å². The van der Waals surface area contributed by atoms with Crippen LogP contribution in [0.4, 0.5) is 0 Å². The van der Waals surface area contributed by atoms with Gasteiger partial charge in [-0.05, 0) is 6.42 Å². The zero-order valence-corrected chi connectivity index (χ0v) is 17.6. The van der Waals surface area contributed by atoms with Crippen molar-refractivity contribution < 1.29 is 21.5 Å². The molecule has 1 aromatic rings. The zero-order chi connectivity index (χ0) is 16.4. The van der Waals surface area contributed by atoms with Crippen molar-refractivity contribution in [2.75, 3.05) is 0 Å². The van der Waals surface area contributed by atoms with E-state index >= 15 is 0 Å². The molecule has 0 radical (unpaired) electrons. The highest BCUT2D eigenvalue weighted by atomic mass is 79.9. The van der Waals surface area contributed by atoms with Crippen LogP contribution in [0.15, 0.2) is 30.6 Å². The first-order valence-electron chi connectivity index (χ1n) is 10.4. The van der Waals surface area contributed by atoms with Crippen LogP contribution >= 0.6 is 0 Å². The Morgan fingerprint density at radius 1 is 0.500 bits per heavy atom. The Morgan fingerprint density at radius 3 is 1.29 bits per heavy atom. The van der Waals surface area contributed by atoms with E-state index in [0.717, 1.165) is 0 Å². The average Bonchev–Trinajstić information content (AvgIpc) is 2.59. The highest BCUT2D eigenvalue weighted by Crippen LogP contribution is 2.13. The number of aryl methyl sites for hydroxylation is 1. The molecule has 2 heteroatoms. The highest BCUT2D eigenvalue weighted by Gasteiger charge is 1.98. The van der Waals surface area contributed by atoms with Gasteiger partial charge < -0.3 is 17.0 Å². The first kappa shape index (κ1) is 23.6. The van der Waals surface area contributed by atoms with E-state index in [-0.39, 0.29) is 17.0 Å². The van der Waals surface area contributed by atoms with Crippen molar-refractivity contribution in [3.63, 3.8) is 0 Å². The maximum absolute atomic E-state index is 2.29. The molecule has 0 fully saturated rings. The van der Waals surface area contributed by atoms with Gasteiger partial charge in [0.2, 0.25) is 0 Å². The molecule has 0 bridgehead atoms. The fourth-order valence-corrected chi connectivity index (χ4v) is 3.25. The Kier molecular flexibility index (Phi) is 18.7. The number of pyridine rings is 1. The molecule has 0 atom stereocenters. The Bertz CT molecular complexity index is 339. The third kappa shape index (κ3) is 15.2. The lowest BCUT2D eigenvalue weighted by Crippen LogP contribution is -3.00. The van der Waals surface area contributed by atoms with Crippen LogP contribution in [0.1, 0.15) is 103 Å². The molecule has 0 saturated heterocycles. The smallest absolute Gasteiger partial charge is 0.168 e. The van der Waals surface area contributed by atoms with E-state index in [1.807, 2.05) is 0 Å². The summed E-state index contributed by atoms with van der Waals surface area (Å²) >= 11 is 0. The average molecular weight is 398 g/mol. The number of nitrogens with zero attached hydrogens (tertiary/aromatic N) is 1. The van der Waals surface area contributed by atoms with Crippen molar-refractivity contribution in [3.05, 3.63) is 30.6 Å². The minimum Gasteiger partial charge on any atom is -1.00 e. The van der Waals surface area contributed by atoms with E-state index in [1.54, 1.807) is 0 Å². The van der Waals surface area contributed by atoms with Gasteiger partial charge in [-0.2, -0.15) is 0 Å². The summed E-state index contributed by atoms with van der Waals surface area (Å²) in [5.74, 6) is 0. The molecule has 0 aliphatic rings. The fourth-order valence-electron chi connectivity index (χ4n) is 3.25. The van der Waals surface area contributed by atoms with E-state index in [9.17, 15) is 0 Å². The van der Waals surface area contributed by atoms with E-state index < -0.39 is 0 Å². The summed E-state index contributed by atoms with van der Waals surface area (Å²) in [6, 6.07) is 6.32. The number of hydrogen-bond donors (Lipinski definition) is 0. The first-order chi connectivity index (χ1) is 11.4. The van der Waals surface area contributed by atoms with Crippen molar-refractivity contribution in [1.29, 1.82) is 0 Å². The number of aromatic nitrogens is 1. The monoisotopic (exact) mass is 397 g/mol. The van der Waals surface area contributed by atoms with Gasteiger partial charge in [-0.15, -0.1) is 0 Å². The summed E-state index contributed by atoms with van der Waals surface area (Å²) in [7, 11) is 0. The van der Waals surface area contributed by atoms with E-state index in [4.69, 9.17) is 0 Å². The molecule has 1 heterocycles. The molecule has 1 nitrogen and oxygen atoms in total. The molecule has 0 saturated carbocycles. The second kappa shape index (κ2) is 19.0. The van der Waals surface area contributed by atoms with Crippen LogP contribution in [0.25, 0.3) is 0 Å². The highest BCUT2D eigenvalue weighted by molar-refractivity contribution is 4.83. The Balaban J connectivity index is 0.00000529. The fraction of sp³-hybridized carbons (Fsp3) is 0.773. The van der Waals surface area contributed by atoms with Crippen LogP contribution < -0.4 is 21.5 Å². The van der Waals surface area contributed by atoms with Gasteiger partial charge >= 0.3 is 0 Å². The Labute approximate surface area is 162 Å².